The summed E-state index contributed by atoms with van der Waals surface area (Å²) >= 11 is 0. The lowest BCUT2D eigenvalue weighted by Gasteiger charge is -2.19. The highest BCUT2D eigenvalue weighted by atomic mass is 16.2. The van der Waals surface area contributed by atoms with Gasteiger partial charge in [0.05, 0.1) is 17.8 Å². The number of primary amides is 1. The molecule has 4 N–H and O–H groups in total. The molecule has 2 aromatic carbocycles. The first-order chi connectivity index (χ1) is 13.0. The molecule has 7 nitrogen and oxygen atoms in total. The van der Waals surface area contributed by atoms with Crippen molar-refractivity contribution in [2.45, 2.75) is 13.8 Å². The van der Waals surface area contributed by atoms with Gasteiger partial charge in [0, 0.05) is 24.3 Å². The van der Waals surface area contributed by atoms with Crippen LogP contribution in [0.15, 0.2) is 48.5 Å². The van der Waals surface area contributed by atoms with Crippen LogP contribution in [0.2, 0.25) is 0 Å². The third-order valence-electron chi connectivity index (χ3n) is 4.08. The third kappa shape index (κ3) is 5.31. The summed E-state index contributed by atoms with van der Waals surface area (Å²) in [6, 6.07) is 13.5. The number of hydrogen-bond donors (Lipinski definition) is 3. The number of nitrogens with two attached hydrogens (primary N) is 1. The van der Waals surface area contributed by atoms with Gasteiger partial charge in [-0.3, -0.25) is 14.4 Å². The molecule has 2 aromatic rings. The Morgan fingerprint density at radius 2 is 1.70 bits per heavy atom. The van der Waals surface area contributed by atoms with E-state index in [1.165, 1.54) is 0 Å². The molecule has 0 heterocycles. The number of amides is 3. The average molecular weight is 368 g/mol. The number of carbonyl (C=O) groups is 3. The van der Waals surface area contributed by atoms with Crippen molar-refractivity contribution in [2.75, 3.05) is 30.3 Å². The van der Waals surface area contributed by atoms with E-state index in [0.29, 0.717) is 30.0 Å². The molecule has 0 radical (unpaired) electrons. The fourth-order valence-corrected chi connectivity index (χ4v) is 2.64. The van der Waals surface area contributed by atoms with Gasteiger partial charge < -0.3 is 21.3 Å². The largest absolute Gasteiger partial charge is 0.376 e. The van der Waals surface area contributed by atoms with E-state index in [-0.39, 0.29) is 23.9 Å². The zero-order valence-corrected chi connectivity index (χ0v) is 15.5. The molecule has 2 rings (SSSR count). The average Bonchev–Trinajstić information content (AvgIpc) is 2.67. The molecule has 27 heavy (non-hydrogen) atoms. The fraction of sp³-hybridized carbons (Fsp3) is 0.250. The summed E-state index contributed by atoms with van der Waals surface area (Å²) in [5.74, 6) is -0.992. The van der Waals surface area contributed by atoms with E-state index in [1.807, 2.05) is 13.8 Å². The Kier molecular flexibility index (Phi) is 6.93. The third-order valence-corrected chi connectivity index (χ3v) is 4.08. The molecule has 0 atom stereocenters. The summed E-state index contributed by atoms with van der Waals surface area (Å²) in [7, 11) is 0. The summed E-state index contributed by atoms with van der Waals surface area (Å²) in [5.41, 5.74) is 7.13. The Labute approximate surface area is 158 Å². The van der Waals surface area contributed by atoms with E-state index in [0.717, 1.165) is 0 Å². The van der Waals surface area contributed by atoms with Gasteiger partial charge in [-0.15, -0.1) is 0 Å². The molecule has 0 saturated heterocycles. The maximum absolute atomic E-state index is 12.4. The first kappa shape index (κ1) is 20.0. The molecule has 0 aliphatic carbocycles. The Morgan fingerprint density at radius 1 is 1.00 bits per heavy atom. The van der Waals surface area contributed by atoms with Gasteiger partial charge >= 0.3 is 0 Å². The number of para-hydroxylation sites is 1. The molecule has 0 bridgehead atoms. The number of carbonyl (C=O) groups excluding carboxylic acids is 3. The predicted molar refractivity (Wildman–Crippen MR) is 106 cm³/mol. The Morgan fingerprint density at radius 3 is 2.37 bits per heavy atom. The molecule has 0 saturated carbocycles. The minimum atomic E-state index is -0.610. The second kappa shape index (κ2) is 9.38. The van der Waals surface area contributed by atoms with E-state index in [2.05, 4.69) is 10.6 Å². The molecule has 142 valence electrons. The zero-order chi connectivity index (χ0) is 19.8. The van der Waals surface area contributed by atoms with Gasteiger partial charge in [0.15, 0.2) is 0 Å². The van der Waals surface area contributed by atoms with E-state index < -0.39 is 5.91 Å². The molecule has 0 aromatic heterocycles. The molecule has 0 fully saturated rings. The second-order valence-corrected chi connectivity index (χ2v) is 5.87. The number of anilines is 2. The first-order valence-electron chi connectivity index (χ1n) is 8.78. The van der Waals surface area contributed by atoms with Crippen LogP contribution >= 0.6 is 0 Å². The van der Waals surface area contributed by atoms with Gasteiger partial charge in [0.2, 0.25) is 5.91 Å². The molecule has 0 aliphatic heterocycles. The number of hydrogen-bond acceptors (Lipinski definition) is 4. The van der Waals surface area contributed by atoms with Crippen LogP contribution in [-0.2, 0) is 4.79 Å². The Hall–Kier alpha value is -3.35. The lowest BCUT2D eigenvalue weighted by molar-refractivity contribution is -0.114. The minimum absolute atomic E-state index is 0.0178. The first-order valence-corrected chi connectivity index (χ1v) is 8.78. The van der Waals surface area contributed by atoms with Crippen LogP contribution in [0.1, 0.15) is 34.6 Å². The molecular weight excluding hydrogens is 344 g/mol. The van der Waals surface area contributed by atoms with Gasteiger partial charge in [-0.1, -0.05) is 18.2 Å². The number of nitrogens with one attached hydrogen (secondary N) is 2. The number of benzene rings is 2. The zero-order valence-electron chi connectivity index (χ0n) is 15.5. The van der Waals surface area contributed by atoms with Crippen molar-refractivity contribution in [3.8, 4) is 0 Å². The maximum atomic E-state index is 12.4. The SMILES string of the molecule is CCN(CC)C(=O)c1cccc(NCC(=O)Nc2ccccc2C(N)=O)c1. The second-order valence-electron chi connectivity index (χ2n) is 5.87. The van der Waals surface area contributed by atoms with Crippen LogP contribution in [0.5, 0.6) is 0 Å². The topological polar surface area (TPSA) is 105 Å². The van der Waals surface area contributed by atoms with Crippen LogP contribution in [0.3, 0.4) is 0 Å². The van der Waals surface area contributed by atoms with Crippen LogP contribution in [-0.4, -0.2) is 42.3 Å². The van der Waals surface area contributed by atoms with Crippen LogP contribution in [0.4, 0.5) is 11.4 Å². The highest BCUT2D eigenvalue weighted by Crippen LogP contribution is 2.15. The molecule has 0 aliphatic rings. The summed E-state index contributed by atoms with van der Waals surface area (Å²) in [5, 5.41) is 5.64. The van der Waals surface area contributed by atoms with Gasteiger partial charge in [-0.05, 0) is 44.2 Å². The molecule has 7 heteroatoms. The molecule has 0 spiro atoms. The Bertz CT molecular complexity index is 831. The van der Waals surface area contributed by atoms with Crippen molar-refractivity contribution in [3.05, 3.63) is 59.7 Å². The summed E-state index contributed by atoms with van der Waals surface area (Å²) in [4.78, 5) is 37.7. The van der Waals surface area contributed by atoms with Gasteiger partial charge in [-0.25, -0.2) is 0 Å². The summed E-state index contributed by atoms with van der Waals surface area (Å²) < 4.78 is 0. The Balaban J connectivity index is 2.01. The van der Waals surface area contributed by atoms with E-state index in [1.54, 1.807) is 53.4 Å². The quantitative estimate of drug-likeness (QED) is 0.665. The van der Waals surface area contributed by atoms with Crippen molar-refractivity contribution in [3.63, 3.8) is 0 Å². The van der Waals surface area contributed by atoms with Crippen LogP contribution in [0, 0.1) is 0 Å². The highest BCUT2D eigenvalue weighted by molar-refractivity contribution is 6.03. The summed E-state index contributed by atoms with van der Waals surface area (Å²) in [6.45, 7) is 5.11. The van der Waals surface area contributed by atoms with Crippen molar-refractivity contribution in [2.24, 2.45) is 5.73 Å². The molecule has 3 amide bonds. The van der Waals surface area contributed by atoms with Gasteiger partial charge in [-0.2, -0.15) is 0 Å². The van der Waals surface area contributed by atoms with Crippen molar-refractivity contribution >= 4 is 29.1 Å². The molecular formula is C20H24N4O3. The minimum Gasteiger partial charge on any atom is -0.376 e. The maximum Gasteiger partial charge on any atom is 0.253 e. The smallest absolute Gasteiger partial charge is 0.253 e. The van der Waals surface area contributed by atoms with Gasteiger partial charge in [0.1, 0.15) is 0 Å². The van der Waals surface area contributed by atoms with Crippen molar-refractivity contribution in [1.29, 1.82) is 0 Å². The van der Waals surface area contributed by atoms with Crippen molar-refractivity contribution in [1.82, 2.24) is 4.90 Å². The monoisotopic (exact) mass is 368 g/mol. The number of rotatable bonds is 8. The molecule has 0 unspecified atom stereocenters. The number of nitrogens with zero attached hydrogens (tertiary/aromatic N) is 1. The normalized spacial score (nSPS) is 10.1. The fourth-order valence-electron chi connectivity index (χ4n) is 2.64. The van der Waals surface area contributed by atoms with Gasteiger partial charge in [0.25, 0.3) is 11.8 Å². The van der Waals surface area contributed by atoms with Crippen LogP contribution < -0.4 is 16.4 Å². The van der Waals surface area contributed by atoms with E-state index >= 15 is 0 Å². The lowest BCUT2D eigenvalue weighted by atomic mass is 10.1. The van der Waals surface area contributed by atoms with Crippen LogP contribution in [0.25, 0.3) is 0 Å². The summed E-state index contributed by atoms with van der Waals surface area (Å²) in [6.07, 6.45) is 0. The predicted octanol–water partition coefficient (Wildman–Crippen LogP) is 2.32. The standard InChI is InChI=1S/C20H24N4O3/c1-3-24(4-2)20(27)14-8-7-9-15(12-14)22-13-18(25)23-17-11-6-5-10-16(17)19(21)26/h5-12,22H,3-4,13H2,1-2H3,(H2,21,26)(H,23,25). The highest BCUT2D eigenvalue weighted by Gasteiger charge is 2.13. The van der Waals surface area contributed by atoms with E-state index in [4.69, 9.17) is 5.73 Å². The lowest BCUT2D eigenvalue weighted by Crippen LogP contribution is -2.30. The van der Waals surface area contributed by atoms with E-state index in [9.17, 15) is 14.4 Å². The van der Waals surface area contributed by atoms with Crippen molar-refractivity contribution < 1.29 is 14.4 Å².